The van der Waals surface area contributed by atoms with E-state index in [4.69, 9.17) is 4.74 Å². The second-order valence-corrected chi connectivity index (χ2v) is 7.22. The number of hydrogen-bond acceptors (Lipinski definition) is 5. The zero-order valence-electron chi connectivity index (χ0n) is 14.2. The summed E-state index contributed by atoms with van der Waals surface area (Å²) in [7, 11) is 0. The lowest BCUT2D eigenvalue weighted by Gasteiger charge is -2.19. The van der Waals surface area contributed by atoms with Gasteiger partial charge in [-0.2, -0.15) is 0 Å². The lowest BCUT2D eigenvalue weighted by molar-refractivity contribution is -0.154. The van der Waals surface area contributed by atoms with Gasteiger partial charge in [0.15, 0.2) is 6.61 Å². The molecule has 0 aromatic heterocycles. The summed E-state index contributed by atoms with van der Waals surface area (Å²) in [6, 6.07) is 8.80. The second-order valence-electron chi connectivity index (χ2n) is 7.22. The molecule has 2 saturated carbocycles. The molecule has 0 unspecified atom stereocenters. The van der Waals surface area contributed by atoms with Gasteiger partial charge < -0.3 is 10.1 Å². The minimum Gasteiger partial charge on any atom is -0.454 e. The quantitative estimate of drug-likeness (QED) is 0.632. The average molecular weight is 356 g/mol. The van der Waals surface area contributed by atoms with Crippen molar-refractivity contribution in [1.82, 2.24) is 4.90 Å². The highest BCUT2D eigenvalue weighted by molar-refractivity contribution is 6.07. The van der Waals surface area contributed by atoms with E-state index in [0.717, 1.165) is 24.2 Å². The standard InChI is InChI=1S/C19H20N2O5/c22-14(20-13-4-2-1-3-5-13)10-26-15(23)9-21-18(24)16-11-6-7-12(8-11)17(16)19(21)25/h1-5,11-12,16-17H,6-10H2,(H,20,22)/t11-,12-,16-,17-/m0/s1. The Morgan fingerprint density at radius 3 is 2.27 bits per heavy atom. The smallest absolute Gasteiger partial charge is 0.326 e. The van der Waals surface area contributed by atoms with E-state index in [0.29, 0.717) is 5.69 Å². The predicted octanol–water partition coefficient (Wildman–Crippen LogP) is 1.20. The van der Waals surface area contributed by atoms with Crippen LogP contribution in [0.4, 0.5) is 5.69 Å². The topological polar surface area (TPSA) is 92.8 Å². The molecule has 0 radical (unpaired) electrons. The number of fused-ring (bicyclic) bond motifs is 5. The molecule has 1 aromatic carbocycles. The van der Waals surface area contributed by atoms with E-state index in [1.54, 1.807) is 24.3 Å². The number of likely N-dealkylation sites (tertiary alicyclic amines) is 1. The van der Waals surface area contributed by atoms with Crippen molar-refractivity contribution >= 4 is 29.4 Å². The van der Waals surface area contributed by atoms with Crippen molar-refractivity contribution in [3.05, 3.63) is 30.3 Å². The van der Waals surface area contributed by atoms with Gasteiger partial charge >= 0.3 is 5.97 Å². The first kappa shape index (κ1) is 16.8. The van der Waals surface area contributed by atoms with Gasteiger partial charge in [0.2, 0.25) is 11.8 Å². The number of carbonyl (C=O) groups is 4. The second kappa shape index (κ2) is 6.55. The highest BCUT2D eigenvalue weighted by Gasteiger charge is 2.61. The van der Waals surface area contributed by atoms with E-state index >= 15 is 0 Å². The highest BCUT2D eigenvalue weighted by atomic mass is 16.5. The summed E-state index contributed by atoms with van der Waals surface area (Å²) < 4.78 is 4.93. The number of imide groups is 1. The molecule has 2 bridgehead atoms. The predicted molar refractivity (Wildman–Crippen MR) is 90.6 cm³/mol. The van der Waals surface area contributed by atoms with Gasteiger partial charge in [-0.3, -0.25) is 24.1 Å². The molecule has 3 fully saturated rings. The molecule has 1 saturated heterocycles. The molecule has 26 heavy (non-hydrogen) atoms. The number of para-hydroxylation sites is 1. The zero-order valence-corrected chi connectivity index (χ0v) is 14.2. The average Bonchev–Trinajstić information content (AvgIpc) is 3.31. The summed E-state index contributed by atoms with van der Waals surface area (Å²) in [4.78, 5) is 49.9. The fourth-order valence-electron chi connectivity index (χ4n) is 4.67. The fourth-order valence-corrected chi connectivity index (χ4v) is 4.67. The molecule has 7 heteroatoms. The van der Waals surface area contributed by atoms with Crippen LogP contribution < -0.4 is 5.32 Å². The SMILES string of the molecule is O=C(COC(=O)CN1C(=O)[C@H]2[C@H]3CC[C@@H](C3)[C@@H]2C1=O)Nc1ccccc1. The number of hydrogen-bond donors (Lipinski definition) is 1. The number of amides is 3. The first-order valence-corrected chi connectivity index (χ1v) is 8.90. The first-order chi connectivity index (χ1) is 12.5. The van der Waals surface area contributed by atoms with E-state index in [-0.39, 0.29) is 35.5 Å². The van der Waals surface area contributed by atoms with Gasteiger partial charge in [-0.1, -0.05) is 18.2 Å². The van der Waals surface area contributed by atoms with Crippen LogP contribution in [0.25, 0.3) is 0 Å². The Labute approximate surface area is 150 Å². The Hall–Kier alpha value is -2.70. The molecular formula is C19H20N2O5. The third-order valence-electron chi connectivity index (χ3n) is 5.73. The number of rotatable bonds is 5. The van der Waals surface area contributed by atoms with Crippen molar-refractivity contribution in [2.24, 2.45) is 23.7 Å². The number of nitrogens with one attached hydrogen (secondary N) is 1. The Morgan fingerprint density at radius 2 is 1.65 bits per heavy atom. The molecule has 0 spiro atoms. The molecule has 7 nitrogen and oxygen atoms in total. The summed E-state index contributed by atoms with van der Waals surface area (Å²) in [5.41, 5.74) is 0.599. The first-order valence-electron chi connectivity index (χ1n) is 8.90. The van der Waals surface area contributed by atoms with Gasteiger partial charge in [0.1, 0.15) is 6.54 Å². The molecule has 1 aromatic rings. The molecule has 4 rings (SSSR count). The third-order valence-corrected chi connectivity index (χ3v) is 5.73. The Morgan fingerprint density at radius 1 is 1.04 bits per heavy atom. The molecule has 1 N–H and O–H groups in total. The lowest BCUT2D eigenvalue weighted by atomic mass is 9.81. The Kier molecular flexibility index (Phi) is 4.22. The maximum atomic E-state index is 12.5. The molecule has 1 aliphatic heterocycles. The largest absolute Gasteiger partial charge is 0.454 e. The number of ether oxygens (including phenoxy) is 1. The maximum absolute atomic E-state index is 12.5. The van der Waals surface area contributed by atoms with Crippen molar-refractivity contribution in [1.29, 1.82) is 0 Å². The van der Waals surface area contributed by atoms with E-state index < -0.39 is 25.0 Å². The number of anilines is 1. The van der Waals surface area contributed by atoms with Crippen LogP contribution in [0.1, 0.15) is 19.3 Å². The van der Waals surface area contributed by atoms with Crippen LogP contribution in [-0.4, -0.2) is 41.7 Å². The molecule has 136 valence electrons. The van der Waals surface area contributed by atoms with Crippen LogP contribution in [0.2, 0.25) is 0 Å². The number of nitrogens with zero attached hydrogens (tertiary/aromatic N) is 1. The summed E-state index contributed by atoms with van der Waals surface area (Å²) in [5.74, 6) is -1.68. The van der Waals surface area contributed by atoms with E-state index in [2.05, 4.69) is 5.32 Å². The summed E-state index contributed by atoms with van der Waals surface area (Å²) in [6.45, 7) is -0.870. The van der Waals surface area contributed by atoms with Gasteiger partial charge in [0.25, 0.3) is 5.91 Å². The van der Waals surface area contributed by atoms with E-state index in [1.165, 1.54) is 0 Å². The minimum atomic E-state index is -0.748. The molecule has 2 aliphatic carbocycles. The number of carbonyl (C=O) groups excluding carboxylic acids is 4. The van der Waals surface area contributed by atoms with Crippen LogP contribution in [-0.2, 0) is 23.9 Å². The van der Waals surface area contributed by atoms with E-state index in [9.17, 15) is 19.2 Å². The van der Waals surface area contributed by atoms with Crippen LogP contribution in [0.5, 0.6) is 0 Å². The Bertz CT molecular complexity index is 734. The van der Waals surface area contributed by atoms with Gasteiger partial charge in [-0.05, 0) is 43.2 Å². The van der Waals surface area contributed by atoms with Crippen LogP contribution in [0, 0.1) is 23.7 Å². The molecule has 4 atom stereocenters. The van der Waals surface area contributed by atoms with Crippen molar-refractivity contribution in [3.63, 3.8) is 0 Å². The lowest BCUT2D eigenvalue weighted by Crippen LogP contribution is -2.38. The Balaban J connectivity index is 1.29. The van der Waals surface area contributed by atoms with Crippen molar-refractivity contribution in [2.75, 3.05) is 18.5 Å². The number of benzene rings is 1. The third kappa shape index (κ3) is 2.87. The maximum Gasteiger partial charge on any atom is 0.326 e. The molecular weight excluding hydrogens is 336 g/mol. The van der Waals surface area contributed by atoms with Crippen molar-refractivity contribution < 1.29 is 23.9 Å². The summed E-state index contributed by atoms with van der Waals surface area (Å²) >= 11 is 0. The molecule has 1 heterocycles. The van der Waals surface area contributed by atoms with Crippen LogP contribution in [0.15, 0.2) is 30.3 Å². The highest BCUT2D eigenvalue weighted by Crippen LogP contribution is 2.56. The van der Waals surface area contributed by atoms with Crippen LogP contribution in [0.3, 0.4) is 0 Å². The van der Waals surface area contributed by atoms with Crippen LogP contribution >= 0.6 is 0 Å². The minimum absolute atomic E-state index is 0.252. The monoisotopic (exact) mass is 356 g/mol. The number of esters is 1. The van der Waals surface area contributed by atoms with E-state index in [1.807, 2.05) is 6.07 Å². The summed E-state index contributed by atoms with van der Waals surface area (Å²) in [6.07, 6.45) is 2.93. The van der Waals surface area contributed by atoms with Gasteiger partial charge in [-0.25, -0.2) is 0 Å². The van der Waals surface area contributed by atoms with Gasteiger partial charge in [0.05, 0.1) is 11.8 Å². The van der Waals surface area contributed by atoms with Crippen molar-refractivity contribution in [2.45, 2.75) is 19.3 Å². The summed E-state index contributed by atoms with van der Waals surface area (Å²) in [5, 5.41) is 2.60. The van der Waals surface area contributed by atoms with Gasteiger partial charge in [-0.15, -0.1) is 0 Å². The van der Waals surface area contributed by atoms with Crippen molar-refractivity contribution in [3.8, 4) is 0 Å². The molecule has 3 amide bonds. The normalized spacial score (nSPS) is 29.0. The fraction of sp³-hybridized carbons (Fsp3) is 0.474. The molecule has 3 aliphatic rings. The zero-order chi connectivity index (χ0) is 18.3. The van der Waals surface area contributed by atoms with Gasteiger partial charge in [0, 0.05) is 5.69 Å².